The minimum absolute atomic E-state index is 0.0508. The molecule has 0 heterocycles. The summed E-state index contributed by atoms with van der Waals surface area (Å²) in [6.45, 7) is 7.97. The van der Waals surface area contributed by atoms with Gasteiger partial charge in [-0.15, -0.1) is 0 Å². The van der Waals surface area contributed by atoms with Crippen LogP contribution < -0.4 is 9.47 Å². The quantitative estimate of drug-likeness (QED) is 0.621. The average Bonchev–Trinajstić information content (AvgIpc) is 2.69. The third kappa shape index (κ3) is 5.78. The fourth-order valence-electron chi connectivity index (χ4n) is 2.45. The second kappa shape index (κ2) is 10.8. The van der Waals surface area contributed by atoms with Gasteiger partial charge in [0.15, 0.2) is 0 Å². The number of aromatic hydroxyl groups is 2. The number of carboxylic acid groups (broad SMARTS) is 1. The third-order valence-electron chi connectivity index (χ3n) is 3.98. The number of phenols is 2. The Kier molecular flexibility index (Phi) is 8.79. The Morgan fingerprint density at radius 3 is 2.00 bits per heavy atom. The van der Waals surface area contributed by atoms with Gasteiger partial charge in [0.2, 0.25) is 0 Å². The Balaban J connectivity index is 0.000000296. The second-order valence-corrected chi connectivity index (χ2v) is 5.83. The molecule has 2 aromatic carbocycles. The lowest BCUT2D eigenvalue weighted by Gasteiger charge is -2.14. The molecule has 2 aromatic rings. The maximum atomic E-state index is 11.0. The van der Waals surface area contributed by atoms with Crippen molar-refractivity contribution in [1.29, 1.82) is 0 Å². The first kappa shape index (κ1) is 23.6. The highest BCUT2D eigenvalue weighted by Crippen LogP contribution is 2.32. The van der Waals surface area contributed by atoms with Crippen molar-refractivity contribution in [3.8, 4) is 23.0 Å². The molecule has 0 unspecified atom stereocenters. The van der Waals surface area contributed by atoms with Crippen LogP contribution in [0.1, 0.15) is 45.7 Å². The summed E-state index contributed by atoms with van der Waals surface area (Å²) in [6, 6.07) is 5.81. The molecule has 0 aromatic heterocycles. The first-order valence-electron chi connectivity index (χ1n) is 8.91. The number of aromatic carboxylic acids is 1. The van der Waals surface area contributed by atoms with Crippen molar-refractivity contribution in [2.24, 2.45) is 0 Å². The summed E-state index contributed by atoms with van der Waals surface area (Å²) in [4.78, 5) is 22.0. The number of benzene rings is 2. The fraction of sp³-hybridized carbons (Fsp3) is 0.333. The van der Waals surface area contributed by atoms with E-state index in [0.717, 1.165) is 5.56 Å². The van der Waals surface area contributed by atoms with Crippen molar-refractivity contribution in [2.45, 2.75) is 27.7 Å². The zero-order valence-corrected chi connectivity index (χ0v) is 17.1. The summed E-state index contributed by atoms with van der Waals surface area (Å²) in [5.74, 6) is -0.857. The Bertz CT molecular complexity index is 873. The van der Waals surface area contributed by atoms with Crippen LogP contribution in [0.15, 0.2) is 24.3 Å². The molecular weight excluding hydrogens is 380 g/mol. The first-order chi connectivity index (χ1) is 13.7. The molecule has 8 nitrogen and oxygen atoms in total. The van der Waals surface area contributed by atoms with E-state index in [1.807, 2.05) is 13.8 Å². The fourth-order valence-corrected chi connectivity index (χ4v) is 2.45. The van der Waals surface area contributed by atoms with Gasteiger partial charge >= 0.3 is 11.9 Å². The highest BCUT2D eigenvalue weighted by Gasteiger charge is 2.17. The molecular formula is C21H26O8. The van der Waals surface area contributed by atoms with Gasteiger partial charge in [-0.3, -0.25) is 0 Å². The van der Waals surface area contributed by atoms with Crippen LogP contribution in [-0.2, 0) is 4.74 Å². The minimum Gasteiger partial charge on any atom is -0.508 e. The number of hydrogen-bond acceptors (Lipinski definition) is 7. The molecule has 0 spiro atoms. The number of carboxylic acids is 1. The van der Waals surface area contributed by atoms with Gasteiger partial charge in [-0.1, -0.05) is 0 Å². The van der Waals surface area contributed by atoms with E-state index in [-0.39, 0.29) is 28.2 Å². The van der Waals surface area contributed by atoms with Crippen LogP contribution in [0.4, 0.5) is 0 Å². The highest BCUT2D eigenvalue weighted by molar-refractivity contribution is 5.93. The van der Waals surface area contributed by atoms with E-state index < -0.39 is 11.9 Å². The number of hydrogen-bond donors (Lipinski definition) is 3. The van der Waals surface area contributed by atoms with E-state index in [2.05, 4.69) is 4.74 Å². The van der Waals surface area contributed by atoms with E-state index in [1.165, 1.54) is 32.2 Å². The maximum absolute atomic E-state index is 11.0. The zero-order valence-electron chi connectivity index (χ0n) is 17.1. The summed E-state index contributed by atoms with van der Waals surface area (Å²) in [5, 5.41) is 27.6. The molecule has 8 heteroatoms. The van der Waals surface area contributed by atoms with Crippen molar-refractivity contribution in [2.75, 3.05) is 20.3 Å². The molecule has 0 aliphatic heterocycles. The van der Waals surface area contributed by atoms with Crippen molar-refractivity contribution in [3.05, 3.63) is 46.5 Å². The summed E-state index contributed by atoms with van der Waals surface area (Å²) in [7, 11) is 1.23. The predicted octanol–water partition coefficient (Wildman–Crippen LogP) is 3.68. The Morgan fingerprint density at radius 2 is 1.48 bits per heavy atom. The average molecular weight is 406 g/mol. The van der Waals surface area contributed by atoms with Gasteiger partial charge in [0.05, 0.1) is 20.3 Å². The van der Waals surface area contributed by atoms with Gasteiger partial charge in [-0.25, -0.2) is 9.59 Å². The molecule has 0 aliphatic rings. The van der Waals surface area contributed by atoms with Gasteiger partial charge in [0, 0.05) is 11.1 Å². The Morgan fingerprint density at radius 1 is 0.897 bits per heavy atom. The summed E-state index contributed by atoms with van der Waals surface area (Å²) >= 11 is 0. The van der Waals surface area contributed by atoms with Crippen molar-refractivity contribution in [3.63, 3.8) is 0 Å². The molecule has 0 aliphatic carbocycles. The molecule has 0 atom stereocenters. The van der Waals surface area contributed by atoms with Crippen LogP contribution in [0.25, 0.3) is 0 Å². The number of phenolic OH excluding ortho intramolecular Hbond substituents is 2. The lowest BCUT2D eigenvalue weighted by atomic mass is 10.1. The normalized spacial score (nSPS) is 9.83. The van der Waals surface area contributed by atoms with E-state index in [1.54, 1.807) is 13.0 Å². The van der Waals surface area contributed by atoms with Gasteiger partial charge in [0.25, 0.3) is 0 Å². The van der Waals surface area contributed by atoms with Crippen molar-refractivity contribution < 1.29 is 39.1 Å². The van der Waals surface area contributed by atoms with Crippen molar-refractivity contribution in [1.82, 2.24) is 0 Å². The molecule has 0 fully saturated rings. The Hall–Kier alpha value is -3.42. The monoisotopic (exact) mass is 406 g/mol. The number of rotatable bonds is 6. The number of carbonyl (C=O) groups is 2. The summed E-state index contributed by atoms with van der Waals surface area (Å²) in [5.41, 5.74) is 1.21. The lowest BCUT2D eigenvalue weighted by molar-refractivity contribution is 0.0596. The molecule has 0 saturated heterocycles. The predicted molar refractivity (Wildman–Crippen MR) is 106 cm³/mol. The minimum atomic E-state index is -0.991. The first-order valence-corrected chi connectivity index (χ1v) is 8.91. The SMILES string of the molecule is CCOc1ccc(C(=O)O)c(OCC)c1C.COC(=O)c1ccc(O)c(C)c1O. The van der Waals surface area contributed by atoms with Gasteiger partial charge in [-0.05, 0) is 52.0 Å². The zero-order chi connectivity index (χ0) is 22.1. The van der Waals surface area contributed by atoms with Crippen LogP contribution in [0, 0.1) is 13.8 Å². The molecule has 2 rings (SSSR count). The van der Waals surface area contributed by atoms with Gasteiger partial charge < -0.3 is 29.5 Å². The van der Waals surface area contributed by atoms with Gasteiger partial charge in [-0.2, -0.15) is 0 Å². The molecule has 0 radical (unpaired) electrons. The molecule has 3 N–H and O–H groups in total. The summed E-state index contributed by atoms with van der Waals surface area (Å²) < 4.78 is 15.2. The van der Waals surface area contributed by atoms with E-state index in [0.29, 0.717) is 24.7 Å². The topological polar surface area (TPSA) is 123 Å². The molecule has 0 bridgehead atoms. The van der Waals surface area contributed by atoms with E-state index in [4.69, 9.17) is 19.7 Å². The van der Waals surface area contributed by atoms with Crippen LogP contribution >= 0.6 is 0 Å². The largest absolute Gasteiger partial charge is 0.508 e. The highest BCUT2D eigenvalue weighted by atomic mass is 16.5. The third-order valence-corrected chi connectivity index (χ3v) is 3.98. The number of carbonyl (C=O) groups excluding carboxylic acids is 1. The van der Waals surface area contributed by atoms with Crippen LogP contribution in [0.3, 0.4) is 0 Å². The second-order valence-electron chi connectivity index (χ2n) is 5.83. The number of methoxy groups -OCH3 is 1. The van der Waals surface area contributed by atoms with E-state index >= 15 is 0 Å². The number of ether oxygens (including phenoxy) is 3. The number of esters is 1. The Labute approximate surface area is 169 Å². The van der Waals surface area contributed by atoms with Crippen LogP contribution in [0.5, 0.6) is 23.0 Å². The smallest absolute Gasteiger partial charge is 0.341 e. The van der Waals surface area contributed by atoms with E-state index in [9.17, 15) is 14.7 Å². The van der Waals surface area contributed by atoms with Crippen molar-refractivity contribution >= 4 is 11.9 Å². The standard InChI is InChI=1S/C12H16O4.C9H10O4/c1-4-15-10-7-6-9(12(13)14)11(8(10)3)16-5-2;1-5-7(10)4-3-6(8(5)11)9(12)13-2/h6-7H,4-5H2,1-3H3,(H,13,14);3-4,10-11H,1-2H3. The molecule has 158 valence electrons. The molecule has 0 amide bonds. The lowest BCUT2D eigenvalue weighted by Crippen LogP contribution is -2.06. The van der Waals surface area contributed by atoms with Crippen LogP contribution in [0.2, 0.25) is 0 Å². The van der Waals surface area contributed by atoms with Gasteiger partial charge in [0.1, 0.15) is 34.1 Å². The molecule has 29 heavy (non-hydrogen) atoms. The molecule has 0 saturated carbocycles. The maximum Gasteiger partial charge on any atom is 0.341 e. The van der Waals surface area contributed by atoms with Crippen LogP contribution in [-0.4, -0.2) is 47.6 Å². The summed E-state index contributed by atoms with van der Waals surface area (Å²) in [6.07, 6.45) is 0.